The first kappa shape index (κ1) is 12.9. The smallest absolute Gasteiger partial charge is 0.306 e. The maximum atomic E-state index is 10.8. The molecule has 18 heavy (non-hydrogen) atoms. The molecule has 4 heteroatoms. The molecule has 1 aromatic carbocycles. The Hall–Kier alpha value is -1.55. The fourth-order valence-corrected chi connectivity index (χ4v) is 2.57. The lowest BCUT2D eigenvalue weighted by molar-refractivity contribution is -0.159. The summed E-state index contributed by atoms with van der Waals surface area (Å²) in [5.74, 6) is -0.634. The topological polar surface area (TPSA) is 66.8 Å². The van der Waals surface area contributed by atoms with E-state index in [-0.39, 0.29) is 12.8 Å². The van der Waals surface area contributed by atoms with Gasteiger partial charge in [0.2, 0.25) is 0 Å². The van der Waals surface area contributed by atoms with Gasteiger partial charge in [-0.2, -0.15) is 0 Å². The molecule has 1 aromatic rings. The van der Waals surface area contributed by atoms with E-state index in [0.29, 0.717) is 11.3 Å². The van der Waals surface area contributed by atoms with Crippen molar-refractivity contribution in [3.05, 3.63) is 28.8 Å². The van der Waals surface area contributed by atoms with Crippen LogP contribution in [-0.4, -0.2) is 23.3 Å². The van der Waals surface area contributed by atoms with Crippen molar-refractivity contribution in [3.8, 4) is 5.75 Å². The van der Waals surface area contributed by atoms with Crippen LogP contribution >= 0.6 is 0 Å². The lowest BCUT2D eigenvalue weighted by Crippen LogP contribution is -2.44. The van der Waals surface area contributed by atoms with E-state index in [9.17, 15) is 9.90 Å². The molecule has 4 nitrogen and oxygen atoms in total. The fraction of sp³-hybridized carbons (Fsp3) is 0.500. The zero-order valence-corrected chi connectivity index (χ0v) is 10.9. The van der Waals surface area contributed by atoms with Gasteiger partial charge in [0.05, 0.1) is 18.6 Å². The molecule has 1 fully saturated rings. The first-order chi connectivity index (χ1) is 8.39. The highest BCUT2D eigenvalue weighted by molar-refractivity contribution is 5.72. The number of hydrogen-bond donors (Lipinski definition) is 2. The largest absolute Gasteiger partial charge is 0.496 e. The number of aliphatic carboxylic acids is 1. The van der Waals surface area contributed by atoms with Gasteiger partial charge < -0.3 is 14.9 Å². The van der Waals surface area contributed by atoms with Gasteiger partial charge in [0, 0.05) is 5.56 Å². The molecule has 0 heterocycles. The standard InChI is InChI=1S/C14H18O4/c1-8-4-5-11(12(18-3)9(8)2)14(17)6-10(7-14)13(15)16/h4-5,10,17H,6-7H2,1-3H3,(H,15,16). The second-order valence-electron chi connectivity index (χ2n) is 5.06. The van der Waals surface area contributed by atoms with Crippen molar-refractivity contribution in [1.29, 1.82) is 0 Å². The molecule has 0 bridgehead atoms. The van der Waals surface area contributed by atoms with E-state index in [1.54, 1.807) is 7.11 Å². The van der Waals surface area contributed by atoms with Crippen molar-refractivity contribution in [2.24, 2.45) is 5.92 Å². The summed E-state index contributed by atoms with van der Waals surface area (Å²) in [6, 6.07) is 3.76. The number of aliphatic hydroxyl groups is 1. The number of carboxylic acids is 1. The van der Waals surface area contributed by atoms with E-state index in [1.165, 1.54) is 0 Å². The van der Waals surface area contributed by atoms with Gasteiger partial charge in [0.1, 0.15) is 5.75 Å². The predicted octanol–water partition coefficient (Wildman–Crippen LogP) is 1.99. The van der Waals surface area contributed by atoms with Crippen LogP contribution in [0.1, 0.15) is 29.5 Å². The third kappa shape index (κ3) is 1.86. The molecule has 0 atom stereocenters. The number of benzene rings is 1. The molecule has 0 spiro atoms. The lowest BCUT2D eigenvalue weighted by Gasteiger charge is -2.42. The Bertz CT molecular complexity index is 487. The number of aryl methyl sites for hydroxylation is 1. The molecule has 0 amide bonds. The molecule has 0 aliphatic heterocycles. The SMILES string of the molecule is COc1c(C2(O)CC(C(=O)O)C2)ccc(C)c1C. The number of ether oxygens (including phenoxy) is 1. The highest BCUT2D eigenvalue weighted by atomic mass is 16.5. The van der Waals surface area contributed by atoms with Crippen molar-refractivity contribution in [3.63, 3.8) is 0 Å². The lowest BCUT2D eigenvalue weighted by atomic mass is 9.67. The first-order valence-corrected chi connectivity index (χ1v) is 5.99. The fourth-order valence-electron chi connectivity index (χ4n) is 2.57. The van der Waals surface area contributed by atoms with E-state index in [0.717, 1.165) is 11.1 Å². The molecule has 1 aliphatic carbocycles. The minimum Gasteiger partial charge on any atom is -0.496 e. The number of rotatable bonds is 3. The second kappa shape index (κ2) is 4.28. The number of carboxylic acid groups (broad SMARTS) is 1. The van der Waals surface area contributed by atoms with Crippen LogP contribution in [0.25, 0.3) is 0 Å². The summed E-state index contributed by atoms with van der Waals surface area (Å²) in [7, 11) is 1.57. The van der Waals surface area contributed by atoms with Crippen LogP contribution in [0.4, 0.5) is 0 Å². The quantitative estimate of drug-likeness (QED) is 0.861. The van der Waals surface area contributed by atoms with Gasteiger partial charge in [-0.3, -0.25) is 4.79 Å². The Labute approximate surface area is 106 Å². The Kier molecular flexibility index (Phi) is 3.07. The summed E-state index contributed by atoms with van der Waals surface area (Å²) < 4.78 is 5.37. The maximum absolute atomic E-state index is 10.8. The van der Waals surface area contributed by atoms with Gasteiger partial charge in [-0.25, -0.2) is 0 Å². The van der Waals surface area contributed by atoms with E-state index in [1.807, 2.05) is 26.0 Å². The predicted molar refractivity (Wildman–Crippen MR) is 66.7 cm³/mol. The monoisotopic (exact) mass is 250 g/mol. The Morgan fingerprint density at radius 2 is 2.00 bits per heavy atom. The van der Waals surface area contributed by atoms with Crippen molar-refractivity contribution in [2.45, 2.75) is 32.3 Å². The third-order valence-electron chi connectivity index (χ3n) is 3.90. The molecule has 0 radical (unpaired) electrons. The molecule has 1 saturated carbocycles. The van der Waals surface area contributed by atoms with Gasteiger partial charge in [-0.15, -0.1) is 0 Å². The van der Waals surface area contributed by atoms with Crippen LogP contribution in [0.2, 0.25) is 0 Å². The minimum atomic E-state index is -1.06. The van der Waals surface area contributed by atoms with Crippen molar-refractivity contribution in [2.75, 3.05) is 7.11 Å². The van der Waals surface area contributed by atoms with E-state index in [2.05, 4.69) is 0 Å². The van der Waals surface area contributed by atoms with Gasteiger partial charge in [0.25, 0.3) is 0 Å². The summed E-state index contributed by atoms with van der Waals surface area (Å²) in [4.78, 5) is 10.8. The maximum Gasteiger partial charge on any atom is 0.306 e. The Balaban J connectivity index is 2.35. The van der Waals surface area contributed by atoms with Crippen molar-refractivity contribution >= 4 is 5.97 Å². The van der Waals surface area contributed by atoms with E-state index < -0.39 is 17.5 Å². The van der Waals surface area contributed by atoms with Crippen molar-refractivity contribution in [1.82, 2.24) is 0 Å². The zero-order valence-electron chi connectivity index (χ0n) is 10.9. The Morgan fingerprint density at radius 3 is 2.50 bits per heavy atom. The van der Waals surface area contributed by atoms with Crippen LogP contribution in [0.15, 0.2) is 12.1 Å². The average Bonchev–Trinajstić information content (AvgIpc) is 2.28. The molecule has 0 saturated heterocycles. The third-order valence-corrected chi connectivity index (χ3v) is 3.90. The van der Waals surface area contributed by atoms with Crippen LogP contribution in [0.3, 0.4) is 0 Å². The second-order valence-corrected chi connectivity index (χ2v) is 5.06. The van der Waals surface area contributed by atoms with Gasteiger partial charge >= 0.3 is 5.97 Å². The normalized spacial score (nSPS) is 26.6. The number of methoxy groups -OCH3 is 1. The summed E-state index contributed by atoms with van der Waals surface area (Å²) in [5.41, 5.74) is 1.72. The van der Waals surface area contributed by atoms with Crippen LogP contribution < -0.4 is 4.74 Å². The summed E-state index contributed by atoms with van der Waals surface area (Å²) >= 11 is 0. The molecule has 2 N–H and O–H groups in total. The molecule has 0 aromatic heterocycles. The molecule has 2 rings (SSSR count). The summed E-state index contributed by atoms with van der Waals surface area (Å²) in [5, 5.41) is 19.4. The zero-order chi connectivity index (χ0) is 13.5. The van der Waals surface area contributed by atoms with Crippen molar-refractivity contribution < 1.29 is 19.7 Å². The summed E-state index contributed by atoms with van der Waals surface area (Å²) in [6.07, 6.45) is 0.502. The molecule has 98 valence electrons. The van der Waals surface area contributed by atoms with Gasteiger partial charge in [0.15, 0.2) is 0 Å². The van der Waals surface area contributed by atoms with E-state index in [4.69, 9.17) is 9.84 Å². The first-order valence-electron chi connectivity index (χ1n) is 5.99. The molecular weight excluding hydrogens is 232 g/mol. The summed E-state index contributed by atoms with van der Waals surface area (Å²) in [6.45, 7) is 3.92. The number of carbonyl (C=O) groups is 1. The van der Waals surface area contributed by atoms with Gasteiger partial charge in [-0.1, -0.05) is 12.1 Å². The molecular formula is C14H18O4. The van der Waals surface area contributed by atoms with Crippen LogP contribution in [-0.2, 0) is 10.4 Å². The molecule has 1 aliphatic rings. The Morgan fingerprint density at radius 1 is 1.39 bits per heavy atom. The van der Waals surface area contributed by atoms with E-state index >= 15 is 0 Å². The van der Waals surface area contributed by atoms with Crippen LogP contribution in [0.5, 0.6) is 5.75 Å². The van der Waals surface area contributed by atoms with Gasteiger partial charge in [-0.05, 0) is 37.8 Å². The van der Waals surface area contributed by atoms with Crippen LogP contribution in [0, 0.1) is 19.8 Å². The molecule has 0 unspecified atom stereocenters. The highest BCUT2D eigenvalue weighted by Gasteiger charge is 2.49. The highest BCUT2D eigenvalue weighted by Crippen LogP contribution is 2.49. The average molecular weight is 250 g/mol. The minimum absolute atomic E-state index is 0.251. The number of hydrogen-bond acceptors (Lipinski definition) is 3.